The van der Waals surface area contributed by atoms with Gasteiger partial charge in [-0.05, 0) is 25.0 Å². The molecule has 1 aliphatic rings. The lowest BCUT2D eigenvalue weighted by atomic mass is 9.99. The van der Waals surface area contributed by atoms with Crippen molar-refractivity contribution < 1.29 is 14.7 Å². The molecule has 0 aromatic carbocycles. The second kappa shape index (κ2) is 5.90. The highest BCUT2D eigenvalue weighted by atomic mass is 16.4. The number of carboxylic acid groups (broad SMARTS) is 1. The van der Waals surface area contributed by atoms with Crippen LogP contribution in [0.5, 0.6) is 0 Å². The third kappa shape index (κ3) is 3.07. The van der Waals surface area contributed by atoms with E-state index in [2.05, 4.69) is 10.3 Å². The predicted molar refractivity (Wildman–Crippen MR) is 73.0 cm³/mol. The second-order valence-corrected chi connectivity index (χ2v) is 5.25. The minimum Gasteiger partial charge on any atom is -0.481 e. The molecule has 6 nitrogen and oxygen atoms in total. The zero-order chi connectivity index (χ0) is 14.7. The van der Waals surface area contributed by atoms with E-state index in [0.29, 0.717) is 6.54 Å². The molecular formula is C14H19N3O3. The van der Waals surface area contributed by atoms with Crippen LogP contribution in [0.2, 0.25) is 0 Å². The summed E-state index contributed by atoms with van der Waals surface area (Å²) in [6, 6.07) is 5.08. The summed E-state index contributed by atoms with van der Waals surface area (Å²) < 4.78 is 0. The molecule has 2 N–H and O–H groups in total. The molecular weight excluding hydrogens is 258 g/mol. The first-order valence-electron chi connectivity index (χ1n) is 6.68. The molecule has 1 fully saturated rings. The summed E-state index contributed by atoms with van der Waals surface area (Å²) >= 11 is 0. The molecule has 0 radical (unpaired) electrons. The van der Waals surface area contributed by atoms with E-state index >= 15 is 0 Å². The number of urea groups is 1. The van der Waals surface area contributed by atoms with Crippen molar-refractivity contribution in [3.63, 3.8) is 0 Å². The van der Waals surface area contributed by atoms with Crippen molar-refractivity contribution in [2.45, 2.75) is 19.9 Å². The topological polar surface area (TPSA) is 82.5 Å². The fraction of sp³-hybridized carbons (Fsp3) is 0.500. The minimum atomic E-state index is -0.842. The number of likely N-dealkylation sites (tertiary alicyclic amines) is 1. The largest absolute Gasteiger partial charge is 0.481 e. The summed E-state index contributed by atoms with van der Waals surface area (Å²) in [4.78, 5) is 28.9. The van der Waals surface area contributed by atoms with Crippen molar-refractivity contribution in [1.29, 1.82) is 0 Å². The van der Waals surface area contributed by atoms with Gasteiger partial charge >= 0.3 is 12.0 Å². The van der Waals surface area contributed by atoms with Gasteiger partial charge in [0.05, 0.1) is 17.7 Å². The molecule has 0 aliphatic carbocycles. The van der Waals surface area contributed by atoms with Crippen LogP contribution in [0.4, 0.5) is 4.79 Å². The normalized spacial score (nSPS) is 23.4. The molecule has 0 saturated carbocycles. The van der Waals surface area contributed by atoms with Gasteiger partial charge in [0.25, 0.3) is 0 Å². The monoisotopic (exact) mass is 277 g/mol. The maximum atomic E-state index is 12.1. The first kappa shape index (κ1) is 14.3. The van der Waals surface area contributed by atoms with Crippen LogP contribution in [0, 0.1) is 11.8 Å². The van der Waals surface area contributed by atoms with E-state index in [-0.39, 0.29) is 24.5 Å². The summed E-state index contributed by atoms with van der Waals surface area (Å²) in [5.74, 6) is -1.35. The number of pyridine rings is 1. The second-order valence-electron chi connectivity index (χ2n) is 5.25. The Hall–Kier alpha value is -2.11. The molecule has 2 amide bonds. The first-order valence-corrected chi connectivity index (χ1v) is 6.68. The van der Waals surface area contributed by atoms with E-state index in [4.69, 9.17) is 5.11 Å². The van der Waals surface area contributed by atoms with Crippen LogP contribution in [0.1, 0.15) is 25.6 Å². The van der Waals surface area contributed by atoms with Crippen molar-refractivity contribution in [1.82, 2.24) is 15.2 Å². The Morgan fingerprint density at radius 2 is 2.20 bits per heavy atom. The number of amides is 2. The van der Waals surface area contributed by atoms with Crippen LogP contribution < -0.4 is 5.32 Å². The van der Waals surface area contributed by atoms with Gasteiger partial charge in [-0.25, -0.2) is 4.79 Å². The van der Waals surface area contributed by atoms with Gasteiger partial charge in [0.2, 0.25) is 0 Å². The number of aliphatic carboxylic acids is 1. The lowest BCUT2D eigenvalue weighted by Gasteiger charge is -2.20. The Labute approximate surface area is 117 Å². The maximum absolute atomic E-state index is 12.1. The molecule has 1 aromatic rings. The molecule has 2 heterocycles. The predicted octanol–water partition coefficient (Wildman–Crippen LogP) is 1.50. The van der Waals surface area contributed by atoms with Crippen LogP contribution in [-0.4, -0.2) is 40.1 Å². The maximum Gasteiger partial charge on any atom is 0.317 e. The highest BCUT2D eigenvalue weighted by molar-refractivity contribution is 5.77. The summed E-state index contributed by atoms with van der Waals surface area (Å²) in [6.45, 7) is 4.44. The Morgan fingerprint density at radius 1 is 1.45 bits per heavy atom. The Bertz CT molecular complexity index is 492. The first-order chi connectivity index (χ1) is 9.49. The fourth-order valence-corrected chi connectivity index (χ4v) is 2.44. The van der Waals surface area contributed by atoms with Gasteiger partial charge in [-0.15, -0.1) is 0 Å². The van der Waals surface area contributed by atoms with Gasteiger partial charge in [-0.1, -0.05) is 13.0 Å². The van der Waals surface area contributed by atoms with E-state index in [1.54, 1.807) is 11.1 Å². The highest BCUT2D eigenvalue weighted by Crippen LogP contribution is 2.23. The lowest BCUT2D eigenvalue weighted by molar-refractivity contribution is -0.142. The SMILES string of the molecule is CC(NC(=O)N1CC(C)C(C(=O)O)C1)c1ccccn1. The van der Waals surface area contributed by atoms with E-state index in [1.807, 2.05) is 32.0 Å². The zero-order valence-corrected chi connectivity index (χ0v) is 11.6. The molecule has 1 aliphatic heterocycles. The average Bonchev–Trinajstić information content (AvgIpc) is 2.82. The Balaban J connectivity index is 1.95. The van der Waals surface area contributed by atoms with E-state index < -0.39 is 11.9 Å². The van der Waals surface area contributed by atoms with Crippen molar-refractivity contribution >= 4 is 12.0 Å². The molecule has 3 unspecified atom stereocenters. The van der Waals surface area contributed by atoms with Crippen LogP contribution in [0.15, 0.2) is 24.4 Å². The number of rotatable bonds is 3. The molecule has 3 atom stereocenters. The van der Waals surface area contributed by atoms with Crippen LogP contribution in [0.3, 0.4) is 0 Å². The summed E-state index contributed by atoms with van der Waals surface area (Å²) in [7, 11) is 0. The number of hydrogen-bond donors (Lipinski definition) is 2. The number of carboxylic acids is 1. The van der Waals surface area contributed by atoms with Crippen LogP contribution in [-0.2, 0) is 4.79 Å². The van der Waals surface area contributed by atoms with E-state index in [0.717, 1.165) is 5.69 Å². The number of carbonyl (C=O) groups excluding carboxylic acids is 1. The highest BCUT2D eigenvalue weighted by Gasteiger charge is 2.37. The molecule has 108 valence electrons. The third-order valence-electron chi connectivity index (χ3n) is 3.69. The van der Waals surface area contributed by atoms with Gasteiger partial charge in [0, 0.05) is 19.3 Å². The Morgan fingerprint density at radius 3 is 2.75 bits per heavy atom. The number of hydrogen-bond acceptors (Lipinski definition) is 3. The van der Waals surface area contributed by atoms with Crippen LogP contribution >= 0.6 is 0 Å². The molecule has 2 rings (SSSR count). The van der Waals surface area contributed by atoms with E-state index in [9.17, 15) is 9.59 Å². The van der Waals surface area contributed by atoms with Crippen molar-refractivity contribution in [3.05, 3.63) is 30.1 Å². The third-order valence-corrected chi connectivity index (χ3v) is 3.69. The van der Waals surface area contributed by atoms with Crippen LogP contribution in [0.25, 0.3) is 0 Å². The lowest BCUT2D eigenvalue weighted by Crippen LogP contribution is -2.40. The number of carbonyl (C=O) groups is 2. The number of nitrogens with zero attached hydrogens (tertiary/aromatic N) is 2. The quantitative estimate of drug-likeness (QED) is 0.877. The van der Waals surface area contributed by atoms with Crippen molar-refractivity contribution in [2.24, 2.45) is 11.8 Å². The van der Waals surface area contributed by atoms with Gasteiger partial charge in [-0.3, -0.25) is 9.78 Å². The fourth-order valence-electron chi connectivity index (χ4n) is 2.44. The molecule has 6 heteroatoms. The smallest absolute Gasteiger partial charge is 0.317 e. The number of aromatic nitrogens is 1. The Kier molecular flexibility index (Phi) is 4.22. The summed E-state index contributed by atoms with van der Waals surface area (Å²) in [6.07, 6.45) is 1.68. The summed E-state index contributed by atoms with van der Waals surface area (Å²) in [5, 5.41) is 11.9. The van der Waals surface area contributed by atoms with E-state index in [1.165, 1.54) is 0 Å². The minimum absolute atomic E-state index is 0.0246. The molecule has 1 aromatic heterocycles. The molecule has 1 saturated heterocycles. The van der Waals surface area contributed by atoms with Crippen molar-refractivity contribution in [3.8, 4) is 0 Å². The van der Waals surface area contributed by atoms with Gasteiger partial charge in [-0.2, -0.15) is 0 Å². The van der Waals surface area contributed by atoms with Crippen molar-refractivity contribution in [2.75, 3.05) is 13.1 Å². The standard InChI is InChI=1S/C14H19N3O3/c1-9-7-17(8-11(9)13(18)19)14(20)16-10(2)12-5-3-4-6-15-12/h3-6,9-11H,7-8H2,1-2H3,(H,16,20)(H,18,19). The number of nitrogens with one attached hydrogen (secondary N) is 1. The van der Waals surface area contributed by atoms with Gasteiger partial charge in [0.15, 0.2) is 0 Å². The average molecular weight is 277 g/mol. The van der Waals surface area contributed by atoms with Gasteiger partial charge in [0.1, 0.15) is 0 Å². The molecule has 0 bridgehead atoms. The van der Waals surface area contributed by atoms with Gasteiger partial charge < -0.3 is 15.3 Å². The molecule has 20 heavy (non-hydrogen) atoms. The molecule has 0 spiro atoms. The summed E-state index contributed by atoms with van der Waals surface area (Å²) in [5.41, 5.74) is 0.780. The zero-order valence-electron chi connectivity index (χ0n) is 11.6.